The van der Waals surface area contributed by atoms with Crippen molar-refractivity contribution in [2.24, 2.45) is 109 Å². The molecular weight excluding hydrogens is 1760 g/mol. The molecular formula is C112H159NO25. The number of nitrogens with two attached hydrogens (primary N) is 1. The van der Waals surface area contributed by atoms with Gasteiger partial charge in [0.1, 0.15) is 72.2 Å². The number of hydrogen-bond donors (Lipinski definition) is 1. The van der Waals surface area contributed by atoms with Crippen molar-refractivity contribution in [1.29, 1.82) is 0 Å². The molecule has 13 fully saturated rings. The lowest BCUT2D eigenvalue weighted by molar-refractivity contribution is -0.374. The number of benzene rings is 4. The van der Waals surface area contributed by atoms with Crippen molar-refractivity contribution in [3.63, 3.8) is 0 Å². The van der Waals surface area contributed by atoms with Gasteiger partial charge in [0.05, 0.1) is 94.9 Å². The predicted molar refractivity (Wildman–Crippen MR) is 511 cm³/mol. The Balaban J connectivity index is 0.609. The molecule has 42 atom stereocenters. The summed E-state index contributed by atoms with van der Waals surface area (Å²) < 4.78 is 155. The van der Waals surface area contributed by atoms with Gasteiger partial charge >= 0.3 is 5.97 Å². The maximum absolute atomic E-state index is 17.1. The second-order valence-corrected chi connectivity index (χ2v) is 46.4. The number of hydrogen-bond acceptors (Lipinski definition) is 26. The van der Waals surface area contributed by atoms with Crippen LogP contribution in [-0.2, 0) is 138 Å². The molecule has 2 N–H and O–H groups in total. The molecule has 9 aliphatic heterocycles. The lowest BCUT2D eigenvalue weighted by Gasteiger charge is -2.71. The van der Waals surface area contributed by atoms with E-state index in [2.05, 4.69) is 96.1 Å². The summed E-state index contributed by atoms with van der Waals surface area (Å²) in [5, 5.41) is 0. The standard InChI is InChI=1S/C112H159NO25/c1-22-79-65(5)64(4)67(7)98(125-79)133-93-89(130-96-66(6)63(3)62(2)53-121-96)69(9)87(71(11)115)128-101(93)127-84-46-47-107(17)82(108(84,18)59-114)45-48-109(19)83(107)44-43-77-78-51-105(13,14)49-50-112(78,85(117-21)52-110(77,109)20)104(116)135-100-90(68(8)86(113)80(126-100)57-118-54-73-35-27-23-28-36-73)131-102-94-92(136-106(15,16)137-94)91(72(12)124-102)132-97-70(10)88(81(58-122-97)120-56-75-39-31-25-32-40-75)129-103-95-111(61-123-103,60-119-55-74-37-29-24-30-38-74)138-99(134-95)76-41-33-26-34-42-76/h23-43,59,62-70,72,78-103H,22,44-58,60-61,113H2,1-21H3/t62-,63+,64+,65-,66?,67?,68?,69-,70?,72?,78?,79?,80?,81-,82-,83?,84+,85?,86-,87?,88?,89+,90?,91+,92?,93?,94?,95?,96+,97+,98+,99+,100+,101-,102+,103+,107?,108-,109+,110-,111+,112-/m1/s1. The molecule has 0 radical (unpaired) electrons. The van der Waals surface area contributed by atoms with Crippen LogP contribution in [0.4, 0.5) is 0 Å². The summed E-state index contributed by atoms with van der Waals surface area (Å²) in [6, 6.07) is 39.2. The molecule has 762 valence electrons. The van der Waals surface area contributed by atoms with Crippen LogP contribution in [0.1, 0.15) is 231 Å². The van der Waals surface area contributed by atoms with Crippen molar-refractivity contribution in [3.8, 4) is 0 Å². The van der Waals surface area contributed by atoms with Gasteiger partial charge in [0, 0.05) is 48.3 Å². The van der Waals surface area contributed by atoms with Crippen LogP contribution in [0.15, 0.2) is 133 Å². The molecule has 0 aromatic heterocycles. The molecule has 4 saturated carbocycles. The van der Waals surface area contributed by atoms with Crippen molar-refractivity contribution in [1.82, 2.24) is 0 Å². The third kappa shape index (κ3) is 19.2. The minimum atomic E-state index is -1.34. The van der Waals surface area contributed by atoms with Gasteiger partial charge in [-0.2, -0.15) is 0 Å². The number of carbonyl (C=O) groups is 3. The Hall–Kier alpha value is -5.45. The van der Waals surface area contributed by atoms with E-state index in [-0.39, 0.29) is 96.7 Å². The molecule has 4 aromatic rings. The summed E-state index contributed by atoms with van der Waals surface area (Å²) in [5.74, 6) is -2.30. The monoisotopic (exact) mass is 1920 g/mol. The number of rotatable bonds is 30. The molecule has 26 nitrogen and oxygen atoms in total. The topological polar surface area (TPSA) is 280 Å². The highest BCUT2D eigenvalue weighted by atomic mass is 16.8. The van der Waals surface area contributed by atoms with Gasteiger partial charge in [0.2, 0.25) is 6.29 Å². The molecule has 138 heavy (non-hydrogen) atoms. The number of fused-ring (bicyclic) bond motifs is 9. The fraction of sp³-hybridized carbons (Fsp3) is 0.741. The Morgan fingerprint density at radius 1 is 0.514 bits per heavy atom. The van der Waals surface area contributed by atoms with Crippen LogP contribution in [-0.4, -0.2) is 211 Å². The SMILES string of the molecule is CCC1O[C@@H](OC2[C@H](O[C@H]3CCC4(C)C5CC=C6C7CC(C)(C)CC[C@]7(C(=O)O[C@@H]7OC(COCc8ccccc8)[C@H](N)C(C)C7O[C@@H]7OC(C)[C@H](O[C@@H]8OC[C@@H](OCc9ccccc9)C(O[C@@H]9OC[C@]%10(COCc%11ccccc%11)O[C@@H](c%11ccccc%11)OC9%10)C8C)C8OC(C)(C)OC87)C(OC)C[C@@]6(C)[C@@]5(C)CC[C@H]4[C@@]3(C)C=O)OC(C(C)=O)[C@@H](C)[C@@H]2O[C@@H]2OC[C@@H](C)[C@H](C)C2C)C(C)[C@@H](C)[C@H]1C. The first-order valence-electron chi connectivity index (χ1n) is 52.1. The minimum Gasteiger partial charge on any atom is -0.432 e. The zero-order valence-corrected chi connectivity index (χ0v) is 85.5. The van der Waals surface area contributed by atoms with Gasteiger partial charge in [0.15, 0.2) is 55.6 Å². The van der Waals surface area contributed by atoms with E-state index >= 15 is 4.79 Å². The molecule has 0 amide bonds. The minimum absolute atomic E-state index is 0.00187. The van der Waals surface area contributed by atoms with Gasteiger partial charge < -0.3 is 115 Å². The molecule has 14 aliphatic rings. The Bertz CT molecular complexity index is 4780. The first-order chi connectivity index (χ1) is 65.9. The highest BCUT2D eigenvalue weighted by Gasteiger charge is 2.74. The maximum Gasteiger partial charge on any atom is 0.317 e. The fourth-order valence-corrected chi connectivity index (χ4v) is 27.8. The summed E-state index contributed by atoms with van der Waals surface area (Å²) in [6.07, 6.45) is -7.53. The summed E-state index contributed by atoms with van der Waals surface area (Å²) in [4.78, 5) is 46.0. The van der Waals surface area contributed by atoms with E-state index in [1.54, 1.807) is 14.0 Å². The van der Waals surface area contributed by atoms with Crippen LogP contribution in [0.25, 0.3) is 0 Å². The number of allylic oxidation sites excluding steroid dienone is 2. The van der Waals surface area contributed by atoms with Crippen LogP contribution < -0.4 is 5.73 Å². The van der Waals surface area contributed by atoms with Crippen molar-refractivity contribution < 1.29 is 119 Å². The normalized spacial score (nSPS) is 46.3. The number of methoxy groups -OCH3 is 1. The fourth-order valence-electron chi connectivity index (χ4n) is 27.8. The van der Waals surface area contributed by atoms with Gasteiger partial charge in [-0.15, -0.1) is 0 Å². The van der Waals surface area contributed by atoms with Gasteiger partial charge in [-0.25, -0.2) is 0 Å². The van der Waals surface area contributed by atoms with Crippen LogP contribution in [0.3, 0.4) is 0 Å². The lowest BCUT2D eigenvalue weighted by Crippen LogP contribution is -2.69. The number of ketones is 1. The molecule has 5 aliphatic carbocycles. The van der Waals surface area contributed by atoms with E-state index in [1.807, 2.05) is 163 Å². The third-order valence-electron chi connectivity index (χ3n) is 37.1. The van der Waals surface area contributed by atoms with E-state index in [4.69, 9.17) is 110 Å². The summed E-state index contributed by atoms with van der Waals surface area (Å²) in [5.41, 5.74) is 7.95. The van der Waals surface area contributed by atoms with Gasteiger partial charge in [-0.3, -0.25) is 9.59 Å². The predicted octanol–water partition coefficient (Wildman–Crippen LogP) is 17.9. The van der Waals surface area contributed by atoms with Crippen LogP contribution >= 0.6 is 0 Å². The number of esters is 1. The van der Waals surface area contributed by atoms with E-state index in [9.17, 15) is 9.59 Å². The van der Waals surface area contributed by atoms with E-state index in [0.29, 0.717) is 63.3 Å². The molecule has 9 saturated heterocycles. The van der Waals surface area contributed by atoms with Crippen molar-refractivity contribution in [3.05, 3.63) is 155 Å². The average molecular weight is 1920 g/mol. The first kappa shape index (κ1) is 103. The quantitative estimate of drug-likeness (QED) is 0.0220. The summed E-state index contributed by atoms with van der Waals surface area (Å²) in [7, 11) is 1.76. The van der Waals surface area contributed by atoms with E-state index < -0.39 is 193 Å². The lowest BCUT2D eigenvalue weighted by atomic mass is 9.33. The largest absolute Gasteiger partial charge is 0.432 e. The molecule has 9 heterocycles. The number of aldehydes is 1. The van der Waals surface area contributed by atoms with Gasteiger partial charge in [-0.1, -0.05) is 244 Å². The second-order valence-electron chi connectivity index (χ2n) is 46.4. The molecule has 0 bridgehead atoms. The molecule has 18 rings (SSSR count). The van der Waals surface area contributed by atoms with Crippen LogP contribution in [0.5, 0.6) is 0 Å². The zero-order valence-electron chi connectivity index (χ0n) is 85.5. The zero-order chi connectivity index (χ0) is 97.7. The van der Waals surface area contributed by atoms with Gasteiger partial charge in [0.25, 0.3) is 0 Å². The maximum atomic E-state index is 17.1. The Morgan fingerprint density at radius 2 is 1.13 bits per heavy atom. The molecule has 18 unspecified atom stereocenters. The van der Waals surface area contributed by atoms with E-state index in [0.717, 1.165) is 60.8 Å². The van der Waals surface area contributed by atoms with E-state index in [1.165, 1.54) is 11.9 Å². The average Bonchev–Trinajstić information content (AvgIpc) is 0.969. The highest BCUT2D eigenvalue weighted by Crippen LogP contribution is 2.77. The highest BCUT2D eigenvalue weighted by molar-refractivity contribution is 5.81. The molecule has 26 heteroatoms. The molecule has 4 aromatic carbocycles. The van der Waals surface area contributed by atoms with Crippen LogP contribution in [0, 0.1) is 104 Å². The Morgan fingerprint density at radius 3 is 1.80 bits per heavy atom. The first-order valence-corrected chi connectivity index (χ1v) is 52.1. The third-order valence-corrected chi connectivity index (χ3v) is 37.1. The molecule has 0 spiro atoms. The van der Waals surface area contributed by atoms with Crippen LogP contribution in [0.2, 0.25) is 0 Å². The van der Waals surface area contributed by atoms with Crippen molar-refractivity contribution in [2.45, 2.75) is 382 Å². The van der Waals surface area contributed by atoms with Gasteiger partial charge in [-0.05, 0) is 172 Å². The number of ether oxygens (including phenoxy) is 22. The second kappa shape index (κ2) is 41.1. The number of carbonyl (C=O) groups excluding carboxylic acids is 3. The number of Topliss-reactive ketones (excluding diaryl/α,β-unsaturated/α-hetero) is 1. The Kier molecular flexibility index (Phi) is 30.5. The smallest absolute Gasteiger partial charge is 0.317 e. The Labute approximate surface area is 818 Å². The summed E-state index contributed by atoms with van der Waals surface area (Å²) >= 11 is 0. The van der Waals surface area contributed by atoms with Crippen molar-refractivity contribution in [2.75, 3.05) is 40.1 Å². The van der Waals surface area contributed by atoms with Crippen molar-refractivity contribution >= 4 is 18.0 Å². The summed E-state index contributed by atoms with van der Waals surface area (Å²) in [6.45, 7) is 45.0.